The fourth-order valence-electron chi connectivity index (χ4n) is 3.53. The molecule has 0 atom stereocenters. The number of sulfonamides is 1. The van der Waals surface area contributed by atoms with Crippen molar-refractivity contribution in [3.63, 3.8) is 0 Å². The van der Waals surface area contributed by atoms with Gasteiger partial charge >= 0.3 is 0 Å². The summed E-state index contributed by atoms with van der Waals surface area (Å²) in [6, 6.07) is 1.48. The summed E-state index contributed by atoms with van der Waals surface area (Å²) in [5.74, 6) is 0.418. The Morgan fingerprint density at radius 1 is 1.25 bits per heavy atom. The van der Waals surface area contributed by atoms with Crippen LogP contribution in [0.15, 0.2) is 17.2 Å². The Balaban J connectivity index is 1.68. The average molecular weight is 354 g/mol. The number of hydrogen-bond acceptors (Lipinski definition) is 4. The highest BCUT2D eigenvalue weighted by molar-refractivity contribution is 7.89. The van der Waals surface area contributed by atoms with Crippen LogP contribution < -0.4 is 5.32 Å². The molecule has 24 heavy (non-hydrogen) atoms. The van der Waals surface area contributed by atoms with Gasteiger partial charge in [-0.1, -0.05) is 0 Å². The first-order valence-corrected chi connectivity index (χ1v) is 10.1. The van der Waals surface area contributed by atoms with E-state index in [-0.39, 0.29) is 10.8 Å². The van der Waals surface area contributed by atoms with Gasteiger partial charge in [0.25, 0.3) is 5.91 Å². The third-order valence-electron chi connectivity index (χ3n) is 4.98. The predicted octanol–water partition coefficient (Wildman–Crippen LogP) is 0.871. The lowest BCUT2D eigenvalue weighted by molar-refractivity contribution is 0.0787. The molecule has 3 heterocycles. The van der Waals surface area contributed by atoms with Gasteiger partial charge in [0.15, 0.2) is 0 Å². The lowest BCUT2D eigenvalue weighted by Crippen LogP contribution is -2.40. The molecule has 0 unspecified atom stereocenters. The van der Waals surface area contributed by atoms with Crippen molar-refractivity contribution >= 4 is 15.9 Å². The fourth-order valence-corrected chi connectivity index (χ4v) is 4.99. The van der Waals surface area contributed by atoms with Crippen LogP contribution in [-0.2, 0) is 10.0 Å². The lowest BCUT2D eigenvalue weighted by atomic mass is 9.98. The van der Waals surface area contributed by atoms with Crippen LogP contribution in [0.3, 0.4) is 0 Å². The Kier molecular flexibility index (Phi) is 5.27. The molecule has 1 amide bonds. The summed E-state index contributed by atoms with van der Waals surface area (Å²) in [6.45, 7) is 3.49. The Morgan fingerprint density at radius 2 is 1.92 bits per heavy atom. The molecule has 2 aliphatic rings. The standard InChI is InChI=1S/C16H26N4O3S/c1-17-11-13-4-8-20(9-5-13)24(22,23)14-10-15(18-12-14)16(21)19-6-2-3-7-19/h10,12-13,17-18H,2-9,11H2,1H3. The number of nitrogens with one attached hydrogen (secondary N) is 2. The van der Waals surface area contributed by atoms with E-state index in [9.17, 15) is 13.2 Å². The number of carbonyl (C=O) groups is 1. The number of carbonyl (C=O) groups excluding carboxylic acids is 1. The molecule has 0 saturated carbocycles. The molecule has 2 saturated heterocycles. The highest BCUT2D eigenvalue weighted by atomic mass is 32.2. The number of amides is 1. The molecule has 8 heteroatoms. The van der Waals surface area contributed by atoms with Crippen LogP contribution in [0.2, 0.25) is 0 Å². The van der Waals surface area contributed by atoms with E-state index < -0.39 is 10.0 Å². The van der Waals surface area contributed by atoms with Crippen molar-refractivity contribution in [1.82, 2.24) is 19.5 Å². The molecule has 134 valence electrons. The second-order valence-corrected chi connectivity index (χ2v) is 8.59. The van der Waals surface area contributed by atoms with Crippen LogP contribution in [0, 0.1) is 5.92 Å². The van der Waals surface area contributed by atoms with Gasteiger partial charge in [0.2, 0.25) is 10.0 Å². The van der Waals surface area contributed by atoms with Crippen LogP contribution >= 0.6 is 0 Å². The second-order valence-electron chi connectivity index (χ2n) is 6.65. The third-order valence-corrected chi connectivity index (χ3v) is 6.86. The minimum Gasteiger partial charge on any atom is -0.356 e. The summed E-state index contributed by atoms with van der Waals surface area (Å²) in [4.78, 5) is 17.2. The first-order chi connectivity index (χ1) is 11.5. The molecule has 1 aromatic rings. The van der Waals surface area contributed by atoms with Gasteiger partial charge in [0, 0.05) is 32.4 Å². The summed E-state index contributed by atoms with van der Waals surface area (Å²) < 4.78 is 27.1. The molecular formula is C16H26N4O3S. The molecule has 0 aliphatic carbocycles. The van der Waals surface area contributed by atoms with Gasteiger partial charge in [-0.3, -0.25) is 4.79 Å². The molecule has 0 spiro atoms. The van der Waals surface area contributed by atoms with Gasteiger partial charge in [-0.2, -0.15) is 4.31 Å². The number of likely N-dealkylation sites (tertiary alicyclic amines) is 1. The maximum atomic E-state index is 12.8. The summed E-state index contributed by atoms with van der Waals surface area (Å²) >= 11 is 0. The van der Waals surface area contributed by atoms with Gasteiger partial charge < -0.3 is 15.2 Å². The van der Waals surface area contributed by atoms with Crippen LogP contribution in [0.1, 0.15) is 36.2 Å². The van der Waals surface area contributed by atoms with E-state index in [1.807, 2.05) is 7.05 Å². The van der Waals surface area contributed by atoms with E-state index in [0.29, 0.717) is 24.7 Å². The molecule has 0 bridgehead atoms. The monoisotopic (exact) mass is 354 g/mol. The fraction of sp³-hybridized carbons (Fsp3) is 0.688. The Labute approximate surface area is 143 Å². The number of hydrogen-bond donors (Lipinski definition) is 2. The molecule has 7 nitrogen and oxygen atoms in total. The van der Waals surface area contributed by atoms with E-state index in [0.717, 1.165) is 45.3 Å². The smallest absolute Gasteiger partial charge is 0.270 e. The van der Waals surface area contributed by atoms with Crippen LogP contribution in [-0.4, -0.2) is 68.3 Å². The SMILES string of the molecule is CNCC1CCN(S(=O)(=O)c2c[nH]c(C(=O)N3CCCC3)c2)CC1. The number of nitrogens with zero attached hydrogens (tertiary/aromatic N) is 2. The number of piperidine rings is 1. The van der Waals surface area contributed by atoms with Crippen molar-refractivity contribution in [3.8, 4) is 0 Å². The third kappa shape index (κ3) is 3.50. The van der Waals surface area contributed by atoms with Crippen LogP contribution in [0.25, 0.3) is 0 Å². The number of aromatic amines is 1. The number of aromatic nitrogens is 1. The zero-order valence-corrected chi connectivity index (χ0v) is 14.9. The van der Waals surface area contributed by atoms with Crippen molar-refractivity contribution in [1.29, 1.82) is 0 Å². The van der Waals surface area contributed by atoms with Crippen molar-refractivity contribution in [2.24, 2.45) is 5.92 Å². The predicted molar refractivity (Wildman–Crippen MR) is 91.3 cm³/mol. The van der Waals surface area contributed by atoms with Crippen molar-refractivity contribution in [2.75, 3.05) is 39.8 Å². The van der Waals surface area contributed by atoms with E-state index in [2.05, 4.69) is 10.3 Å². The molecular weight excluding hydrogens is 328 g/mol. The highest BCUT2D eigenvalue weighted by Gasteiger charge is 2.31. The minimum atomic E-state index is -3.53. The topological polar surface area (TPSA) is 85.5 Å². The highest BCUT2D eigenvalue weighted by Crippen LogP contribution is 2.24. The lowest BCUT2D eigenvalue weighted by Gasteiger charge is -2.30. The quantitative estimate of drug-likeness (QED) is 0.822. The zero-order chi connectivity index (χ0) is 17.2. The number of H-pyrrole nitrogens is 1. The van der Waals surface area contributed by atoms with Gasteiger partial charge in [0.05, 0.1) is 0 Å². The first-order valence-electron chi connectivity index (χ1n) is 8.65. The maximum Gasteiger partial charge on any atom is 0.270 e. The van der Waals surface area contributed by atoms with Gasteiger partial charge in [-0.05, 0) is 51.3 Å². The second kappa shape index (κ2) is 7.25. The van der Waals surface area contributed by atoms with Crippen molar-refractivity contribution in [3.05, 3.63) is 18.0 Å². The molecule has 1 aromatic heterocycles. The van der Waals surface area contributed by atoms with Gasteiger partial charge in [-0.25, -0.2) is 8.42 Å². The number of rotatable bonds is 5. The molecule has 3 rings (SSSR count). The minimum absolute atomic E-state index is 0.110. The van der Waals surface area contributed by atoms with Crippen LogP contribution in [0.5, 0.6) is 0 Å². The van der Waals surface area contributed by atoms with E-state index in [4.69, 9.17) is 0 Å². The summed E-state index contributed by atoms with van der Waals surface area (Å²) in [6.07, 6.45) is 5.20. The first kappa shape index (κ1) is 17.4. The molecule has 0 radical (unpaired) electrons. The van der Waals surface area contributed by atoms with Gasteiger partial charge in [-0.15, -0.1) is 0 Å². The Bertz CT molecular complexity index is 671. The van der Waals surface area contributed by atoms with E-state index >= 15 is 0 Å². The summed E-state index contributed by atoms with van der Waals surface area (Å²) in [5, 5.41) is 3.15. The Hall–Kier alpha value is -1.38. The molecule has 2 aliphatic heterocycles. The Morgan fingerprint density at radius 3 is 2.54 bits per heavy atom. The van der Waals surface area contributed by atoms with Crippen molar-refractivity contribution in [2.45, 2.75) is 30.6 Å². The van der Waals surface area contributed by atoms with E-state index in [1.54, 1.807) is 4.90 Å². The average Bonchev–Trinajstić information content (AvgIpc) is 3.27. The largest absolute Gasteiger partial charge is 0.356 e. The zero-order valence-electron chi connectivity index (χ0n) is 14.1. The molecule has 0 aromatic carbocycles. The molecule has 2 fully saturated rings. The van der Waals surface area contributed by atoms with Crippen LogP contribution in [0.4, 0.5) is 0 Å². The van der Waals surface area contributed by atoms with Crippen molar-refractivity contribution < 1.29 is 13.2 Å². The van der Waals surface area contributed by atoms with E-state index in [1.165, 1.54) is 16.6 Å². The maximum absolute atomic E-state index is 12.8. The normalized spacial score (nSPS) is 20.6. The molecule has 2 N–H and O–H groups in total. The van der Waals surface area contributed by atoms with Gasteiger partial charge in [0.1, 0.15) is 10.6 Å². The summed E-state index contributed by atoms with van der Waals surface area (Å²) in [5.41, 5.74) is 0.362. The summed E-state index contributed by atoms with van der Waals surface area (Å²) in [7, 11) is -1.61.